The number of anilines is 1. The van der Waals surface area contributed by atoms with E-state index in [1.54, 1.807) is 31.4 Å². The lowest BCUT2D eigenvalue weighted by Crippen LogP contribution is -2.51. The number of H-pyrrole nitrogens is 1. The highest BCUT2D eigenvalue weighted by Gasteiger charge is 2.28. The minimum Gasteiger partial charge on any atom is -0.496 e. The van der Waals surface area contributed by atoms with E-state index in [9.17, 15) is 14.4 Å². The Morgan fingerprint density at radius 2 is 1.68 bits per heavy atom. The van der Waals surface area contributed by atoms with Gasteiger partial charge in [-0.05, 0) is 60.4 Å². The summed E-state index contributed by atoms with van der Waals surface area (Å²) in [4.78, 5) is 40.8. The van der Waals surface area contributed by atoms with Crippen LogP contribution in [0.4, 0.5) is 5.69 Å². The number of benzene rings is 3. The summed E-state index contributed by atoms with van der Waals surface area (Å²) in [6, 6.07) is 22.1. The summed E-state index contributed by atoms with van der Waals surface area (Å²) >= 11 is 0. The average Bonchev–Trinajstić information content (AvgIpc) is 3.36. The molecule has 1 aromatic heterocycles. The van der Waals surface area contributed by atoms with E-state index < -0.39 is 12.1 Å². The Hall–Kier alpha value is -4.63. The van der Waals surface area contributed by atoms with Crippen molar-refractivity contribution in [1.82, 2.24) is 10.3 Å². The third-order valence-electron chi connectivity index (χ3n) is 6.66. The number of carbonyl (C=O) groups is 3. The first-order valence-corrected chi connectivity index (χ1v) is 13.1. The molecule has 1 heterocycles. The van der Waals surface area contributed by atoms with Gasteiger partial charge in [-0.15, -0.1) is 0 Å². The van der Waals surface area contributed by atoms with Crippen LogP contribution in [0.15, 0.2) is 79.0 Å². The molecule has 0 radical (unpaired) electrons. The molecule has 2 atom stereocenters. The number of fused-ring (bicyclic) bond motifs is 1. The molecular weight excluding hydrogens is 508 g/mol. The number of carbonyl (C=O) groups excluding carboxylic acids is 3. The second kappa shape index (κ2) is 13.4. The molecule has 2 unspecified atom stereocenters. The fraction of sp³-hybridized carbons (Fsp3) is 0.258. The summed E-state index contributed by atoms with van der Waals surface area (Å²) < 4.78 is 11.1. The van der Waals surface area contributed by atoms with Crippen molar-refractivity contribution in [3.8, 4) is 11.5 Å². The van der Waals surface area contributed by atoms with E-state index in [0.29, 0.717) is 30.0 Å². The lowest BCUT2D eigenvalue weighted by Gasteiger charge is -2.24. The maximum Gasteiger partial charge on any atom is 0.221 e. The minimum atomic E-state index is -0.919. The van der Waals surface area contributed by atoms with E-state index in [-0.39, 0.29) is 30.6 Å². The van der Waals surface area contributed by atoms with Gasteiger partial charge < -0.3 is 30.8 Å². The molecule has 0 aliphatic carbocycles. The van der Waals surface area contributed by atoms with Crippen LogP contribution in [0.2, 0.25) is 0 Å². The van der Waals surface area contributed by atoms with Crippen molar-refractivity contribution in [2.75, 3.05) is 19.0 Å². The molecule has 0 aliphatic rings. The van der Waals surface area contributed by atoms with Crippen molar-refractivity contribution in [1.29, 1.82) is 0 Å². The lowest BCUT2D eigenvalue weighted by atomic mass is 9.92. The van der Waals surface area contributed by atoms with Crippen LogP contribution in [0.25, 0.3) is 10.9 Å². The molecule has 4 rings (SSSR count). The number of methoxy groups -OCH3 is 1. The number of aromatic nitrogens is 1. The van der Waals surface area contributed by atoms with Crippen molar-refractivity contribution in [2.45, 2.75) is 32.4 Å². The number of para-hydroxylation sites is 2. The number of hydrogen-bond acceptors (Lipinski definition) is 6. The number of ether oxygens (including phenoxy) is 2. The third kappa shape index (κ3) is 7.48. The molecule has 3 aromatic carbocycles. The van der Waals surface area contributed by atoms with Gasteiger partial charge in [0.05, 0.1) is 19.2 Å². The molecule has 9 nitrogen and oxygen atoms in total. The Balaban J connectivity index is 1.44. The summed E-state index contributed by atoms with van der Waals surface area (Å²) in [6.45, 7) is 1.20. The predicted molar refractivity (Wildman–Crippen MR) is 154 cm³/mol. The zero-order valence-corrected chi connectivity index (χ0v) is 22.6. The highest BCUT2D eigenvalue weighted by molar-refractivity contribution is 5.89. The second-order valence-corrected chi connectivity index (χ2v) is 9.54. The maximum absolute atomic E-state index is 13.4. The maximum atomic E-state index is 13.4. The van der Waals surface area contributed by atoms with Gasteiger partial charge >= 0.3 is 0 Å². The first-order chi connectivity index (χ1) is 19.3. The Kier molecular flexibility index (Phi) is 9.53. The van der Waals surface area contributed by atoms with E-state index in [0.717, 1.165) is 22.0 Å². The smallest absolute Gasteiger partial charge is 0.221 e. The summed E-state index contributed by atoms with van der Waals surface area (Å²) in [5.41, 5.74) is 9.87. The molecule has 40 heavy (non-hydrogen) atoms. The van der Waals surface area contributed by atoms with Gasteiger partial charge in [-0.2, -0.15) is 0 Å². The molecule has 9 heteroatoms. The van der Waals surface area contributed by atoms with Gasteiger partial charge in [0.2, 0.25) is 11.8 Å². The van der Waals surface area contributed by atoms with Gasteiger partial charge in [0.1, 0.15) is 18.1 Å². The topological polar surface area (TPSA) is 136 Å². The van der Waals surface area contributed by atoms with Crippen molar-refractivity contribution in [3.63, 3.8) is 0 Å². The zero-order chi connectivity index (χ0) is 28.5. The van der Waals surface area contributed by atoms with E-state index in [2.05, 4.69) is 15.6 Å². The van der Waals surface area contributed by atoms with Crippen molar-refractivity contribution in [3.05, 3.63) is 90.1 Å². The average molecular weight is 543 g/mol. The van der Waals surface area contributed by atoms with E-state index in [1.165, 1.54) is 6.92 Å². The normalized spacial score (nSPS) is 12.4. The van der Waals surface area contributed by atoms with Gasteiger partial charge in [0.15, 0.2) is 5.78 Å². The third-order valence-corrected chi connectivity index (χ3v) is 6.66. The molecule has 4 aromatic rings. The van der Waals surface area contributed by atoms with E-state index in [4.69, 9.17) is 15.2 Å². The lowest BCUT2D eigenvalue weighted by molar-refractivity contribution is -0.127. The van der Waals surface area contributed by atoms with Crippen LogP contribution < -0.4 is 25.8 Å². The minimum absolute atomic E-state index is 0.178. The number of aromatic amines is 1. The molecular formula is C31H34N4O5. The van der Waals surface area contributed by atoms with Crippen LogP contribution in [0.3, 0.4) is 0 Å². The summed E-state index contributed by atoms with van der Waals surface area (Å²) in [5, 5.41) is 6.50. The number of ketones is 1. The van der Waals surface area contributed by atoms with Crippen LogP contribution >= 0.6 is 0 Å². The monoisotopic (exact) mass is 542 g/mol. The molecule has 5 N–H and O–H groups in total. The Labute approximate surface area is 233 Å². The SMILES string of the molecule is COc1ccccc1CCC(=O)NC(N)C(Cc1c[nH]c2ccccc12)C(=O)COc1ccc(NC(C)=O)cc1. The predicted octanol–water partition coefficient (Wildman–Crippen LogP) is 3.98. The summed E-state index contributed by atoms with van der Waals surface area (Å²) in [7, 11) is 1.59. The first-order valence-electron chi connectivity index (χ1n) is 13.1. The van der Waals surface area contributed by atoms with Crippen molar-refractivity contribution >= 4 is 34.2 Å². The number of aryl methyl sites for hydroxylation is 1. The molecule has 2 amide bonds. The highest BCUT2D eigenvalue weighted by atomic mass is 16.5. The van der Waals surface area contributed by atoms with Crippen molar-refractivity contribution < 1.29 is 23.9 Å². The number of Topliss-reactive ketones (excluding diaryl/α,β-unsaturated/α-hetero) is 1. The van der Waals surface area contributed by atoms with Crippen LogP contribution in [-0.4, -0.2) is 42.5 Å². The number of hydrogen-bond donors (Lipinski definition) is 4. The largest absolute Gasteiger partial charge is 0.496 e. The standard InChI is InChI=1S/C31H34N4O5/c1-20(36)34-23-12-14-24(15-13-23)40-19-28(37)26(17-22-18-33-27-9-5-4-8-25(22)27)31(32)35-30(38)16-11-21-7-3-6-10-29(21)39-2/h3-10,12-15,18,26,31,33H,11,16-17,19,32H2,1-2H3,(H,34,36)(H,35,38). The molecule has 0 bridgehead atoms. The van der Waals surface area contributed by atoms with Gasteiger partial charge in [-0.3, -0.25) is 14.4 Å². The fourth-order valence-electron chi connectivity index (χ4n) is 4.59. The molecule has 0 saturated heterocycles. The quantitative estimate of drug-likeness (QED) is 0.189. The van der Waals surface area contributed by atoms with Crippen LogP contribution in [0, 0.1) is 5.92 Å². The Morgan fingerprint density at radius 1 is 0.950 bits per heavy atom. The molecule has 208 valence electrons. The van der Waals surface area contributed by atoms with Crippen molar-refractivity contribution in [2.24, 2.45) is 11.7 Å². The zero-order valence-electron chi connectivity index (χ0n) is 22.6. The number of rotatable bonds is 13. The Bertz CT molecular complexity index is 1460. The molecule has 0 saturated carbocycles. The van der Waals surface area contributed by atoms with Gasteiger partial charge in [-0.25, -0.2) is 0 Å². The molecule has 0 aliphatic heterocycles. The first kappa shape index (κ1) is 28.4. The summed E-state index contributed by atoms with van der Waals surface area (Å²) in [5.74, 6) is -0.216. The van der Waals surface area contributed by atoms with Gasteiger partial charge in [0, 0.05) is 36.1 Å². The number of amides is 2. The van der Waals surface area contributed by atoms with Crippen LogP contribution in [0.5, 0.6) is 11.5 Å². The molecule has 0 fully saturated rings. The molecule has 0 spiro atoms. The Morgan fingerprint density at radius 3 is 2.42 bits per heavy atom. The summed E-state index contributed by atoms with van der Waals surface area (Å²) in [6.07, 6.45) is 1.93. The van der Waals surface area contributed by atoms with Gasteiger partial charge in [-0.1, -0.05) is 36.4 Å². The van der Waals surface area contributed by atoms with E-state index >= 15 is 0 Å². The van der Waals surface area contributed by atoms with E-state index in [1.807, 2.05) is 54.7 Å². The highest BCUT2D eigenvalue weighted by Crippen LogP contribution is 2.23. The van der Waals surface area contributed by atoms with Crippen LogP contribution in [0.1, 0.15) is 24.5 Å². The van der Waals surface area contributed by atoms with Gasteiger partial charge in [0.25, 0.3) is 0 Å². The van der Waals surface area contributed by atoms with Crippen LogP contribution in [-0.2, 0) is 27.2 Å². The fourth-order valence-corrected chi connectivity index (χ4v) is 4.59. The second-order valence-electron chi connectivity index (χ2n) is 9.54. The number of nitrogens with one attached hydrogen (secondary N) is 3. The number of nitrogens with two attached hydrogens (primary N) is 1.